The molecule has 94 valence electrons. The van der Waals surface area contributed by atoms with E-state index in [1.54, 1.807) is 13.8 Å². The quantitative estimate of drug-likeness (QED) is 0.732. The highest BCUT2D eigenvalue weighted by atomic mass is 79.9. The van der Waals surface area contributed by atoms with E-state index in [0.29, 0.717) is 0 Å². The number of rotatable bonds is 4. The molecule has 0 radical (unpaired) electrons. The normalized spacial score (nSPS) is 12.1. The number of aryl methyl sites for hydroxylation is 2. The summed E-state index contributed by atoms with van der Waals surface area (Å²) in [7, 11) is 0. The Bertz CT molecular complexity index is 404. The lowest BCUT2D eigenvalue weighted by molar-refractivity contribution is -0.0507. The first-order chi connectivity index (χ1) is 7.93. The number of allylic oxidation sites excluding steroid dienone is 1. The molecule has 0 amide bonds. The van der Waals surface area contributed by atoms with Crippen molar-refractivity contribution in [2.24, 2.45) is 0 Å². The second kappa shape index (κ2) is 6.15. The van der Waals surface area contributed by atoms with Gasteiger partial charge in [0, 0.05) is 5.33 Å². The van der Waals surface area contributed by atoms with Crippen molar-refractivity contribution < 1.29 is 13.5 Å². The summed E-state index contributed by atoms with van der Waals surface area (Å²) >= 11 is 3.36. The van der Waals surface area contributed by atoms with E-state index in [1.807, 2.05) is 25.1 Å². The van der Waals surface area contributed by atoms with Gasteiger partial charge in [0.15, 0.2) is 0 Å². The molecular formula is C13H15BrF2O. The van der Waals surface area contributed by atoms with Gasteiger partial charge in [-0.1, -0.05) is 27.6 Å². The molecule has 0 atom stereocenters. The molecule has 0 spiro atoms. The molecular weight excluding hydrogens is 290 g/mol. The van der Waals surface area contributed by atoms with Gasteiger partial charge in [-0.3, -0.25) is 0 Å². The molecule has 0 aliphatic heterocycles. The molecule has 0 unspecified atom stereocenters. The second-order valence-electron chi connectivity index (χ2n) is 3.99. The van der Waals surface area contributed by atoms with Crippen LogP contribution in [-0.2, 0) is 0 Å². The van der Waals surface area contributed by atoms with Crippen LogP contribution in [0.4, 0.5) is 8.78 Å². The maximum absolute atomic E-state index is 12.2. The van der Waals surface area contributed by atoms with E-state index in [9.17, 15) is 8.78 Å². The molecule has 0 fully saturated rings. The minimum absolute atomic E-state index is 0.272. The van der Waals surface area contributed by atoms with Crippen molar-refractivity contribution in [1.29, 1.82) is 0 Å². The maximum Gasteiger partial charge on any atom is 0.387 e. The Labute approximate surface area is 109 Å². The van der Waals surface area contributed by atoms with Crippen molar-refractivity contribution >= 4 is 22.0 Å². The number of benzene rings is 1. The van der Waals surface area contributed by atoms with E-state index in [-0.39, 0.29) is 5.75 Å². The molecule has 1 aromatic rings. The van der Waals surface area contributed by atoms with E-state index in [2.05, 4.69) is 20.7 Å². The van der Waals surface area contributed by atoms with Crippen LogP contribution in [0.15, 0.2) is 17.7 Å². The lowest BCUT2D eigenvalue weighted by atomic mass is 10.0. The van der Waals surface area contributed by atoms with Gasteiger partial charge in [0.25, 0.3) is 0 Å². The van der Waals surface area contributed by atoms with Crippen LogP contribution in [0.3, 0.4) is 0 Å². The maximum atomic E-state index is 12.2. The van der Waals surface area contributed by atoms with Crippen LogP contribution in [0.1, 0.15) is 23.6 Å². The molecule has 0 bridgehead atoms. The van der Waals surface area contributed by atoms with Crippen molar-refractivity contribution in [2.75, 3.05) is 5.33 Å². The zero-order valence-corrected chi connectivity index (χ0v) is 11.6. The Morgan fingerprint density at radius 2 is 1.88 bits per heavy atom. The van der Waals surface area contributed by atoms with Crippen LogP contribution in [-0.4, -0.2) is 11.9 Å². The van der Waals surface area contributed by atoms with Crippen LogP contribution in [0.25, 0.3) is 6.08 Å². The number of alkyl halides is 3. The van der Waals surface area contributed by atoms with Crippen molar-refractivity contribution in [2.45, 2.75) is 27.4 Å². The fraction of sp³-hybridized carbons (Fsp3) is 0.385. The molecule has 0 heterocycles. The minimum Gasteiger partial charge on any atom is -0.434 e. The van der Waals surface area contributed by atoms with E-state index in [4.69, 9.17) is 0 Å². The van der Waals surface area contributed by atoms with Gasteiger partial charge in [0.05, 0.1) is 0 Å². The third-order valence-corrected chi connectivity index (χ3v) is 3.20. The Balaban J connectivity index is 3.09. The molecule has 0 aliphatic rings. The fourth-order valence-corrected chi connectivity index (χ4v) is 1.83. The molecule has 4 heteroatoms. The predicted octanol–water partition coefficient (Wildman–Crippen LogP) is 4.70. The fourth-order valence-electron chi connectivity index (χ4n) is 1.67. The summed E-state index contributed by atoms with van der Waals surface area (Å²) in [5, 5.41) is 0.792. The van der Waals surface area contributed by atoms with Crippen molar-refractivity contribution in [3.63, 3.8) is 0 Å². The number of ether oxygens (including phenoxy) is 1. The Hall–Kier alpha value is -0.900. The molecule has 0 N–H and O–H groups in total. The van der Waals surface area contributed by atoms with Gasteiger partial charge in [-0.25, -0.2) is 0 Å². The van der Waals surface area contributed by atoms with Crippen LogP contribution in [0.2, 0.25) is 0 Å². The van der Waals surface area contributed by atoms with Crippen molar-refractivity contribution in [3.8, 4) is 5.75 Å². The Morgan fingerprint density at radius 1 is 1.35 bits per heavy atom. The number of hydrogen-bond donors (Lipinski definition) is 0. The molecule has 1 nitrogen and oxygen atoms in total. The highest BCUT2D eigenvalue weighted by Crippen LogP contribution is 2.27. The highest BCUT2D eigenvalue weighted by Gasteiger charge is 2.10. The smallest absolute Gasteiger partial charge is 0.387 e. The standard InChI is InChI=1S/C13H15BrF2O/c1-8(7-14)4-11-5-9(2)12(10(3)6-11)17-13(15)16/h4-6,13H,7H2,1-3H3. The molecule has 1 aromatic carbocycles. The van der Waals surface area contributed by atoms with Gasteiger partial charge in [-0.2, -0.15) is 8.78 Å². The average molecular weight is 305 g/mol. The van der Waals surface area contributed by atoms with E-state index in [1.165, 1.54) is 5.57 Å². The van der Waals surface area contributed by atoms with Gasteiger partial charge >= 0.3 is 6.61 Å². The predicted molar refractivity (Wildman–Crippen MR) is 70.0 cm³/mol. The molecule has 1 rings (SSSR count). The van der Waals surface area contributed by atoms with Gasteiger partial charge in [0.2, 0.25) is 0 Å². The summed E-state index contributed by atoms with van der Waals surface area (Å²) in [6.45, 7) is 2.76. The largest absolute Gasteiger partial charge is 0.434 e. The molecule has 0 saturated carbocycles. The molecule has 17 heavy (non-hydrogen) atoms. The minimum atomic E-state index is -2.78. The monoisotopic (exact) mass is 304 g/mol. The van der Waals surface area contributed by atoms with Crippen LogP contribution in [0, 0.1) is 13.8 Å². The van der Waals surface area contributed by atoms with Crippen molar-refractivity contribution in [1.82, 2.24) is 0 Å². The zero-order chi connectivity index (χ0) is 13.0. The average Bonchev–Trinajstić information content (AvgIpc) is 2.23. The second-order valence-corrected chi connectivity index (χ2v) is 4.55. The molecule has 0 saturated heterocycles. The summed E-state index contributed by atoms with van der Waals surface area (Å²) in [5.41, 5.74) is 3.61. The first-order valence-electron chi connectivity index (χ1n) is 5.23. The first-order valence-corrected chi connectivity index (χ1v) is 6.35. The third-order valence-electron chi connectivity index (χ3n) is 2.31. The van der Waals surface area contributed by atoms with Gasteiger partial charge in [0.1, 0.15) is 5.75 Å². The summed E-state index contributed by atoms with van der Waals surface area (Å²) in [6, 6.07) is 3.69. The van der Waals surface area contributed by atoms with Gasteiger partial charge in [-0.15, -0.1) is 0 Å². The van der Waals surface area contributed by atoms with E-state index in [0.717, 1.165) is 22.0 Å². The third kappa shape index (κ3) is 4.11. The SMILES string of the molecule is CC(=Cc1cc(C)c(OC(F)F)c(C)c1)CBr. The van der Waals surface area contributed by atoms with E-state index < -0.39 is 6.61 Å². The first kappa shape index (κ1) is 14.2. The lowest BCUT2D eigenvalue weighted by Crippen LogP contribution is -2.05. The van der Waals surface area contributed by atoms with E-state index >= 15 is 0 Å². The van der Waals surface area contributed by atoms with Gasteiger partial charge < -0.3 is 4.74 Å². The topological polar surface area (TPSA) is 9.23 Å². The summed E-state index contributed by atoms with van der Waals surface area (Å²) < 4.78 is 28.9. The number of hydrogen-bond acceptors (Lipinski definition) is 1. The van der Waals surface area contributed by atoms with Crippen molar-refractivity contribution in [3.05, 3.63) is 34.4 Å². The summed E-state index contributed by atoms with van der Waals surface area (Å²) in [4.78, 5) is 0. The Morgan fingerprint density at radius 3 is 2.29 bits per heavy atom. The molecule has 0 aliphatic carbocycles. The number of halogens is 3. The zero-order valence-electron chi connectivity index (χ0n) is 10.1. The Kier molecular flexibility index (Phi) is 5.12. The van der Waals surface area contributed by atoms with Gasteiger partial charge in [-0.05, 0) is 49.6 Å². The summed E-state index contributed by atoms with van der Waals surface area (Å²) in [5.74, 6) is 0.272. The summed E-state index contributed by atoms with van der Waals surface area (Å²) in [6.07, 6.45) is 2.01. The van der Waals surface area contributed by atoms with Crippen LogP contribution >= 0.6 is 15.9 Å². The highest BCUT2D eigenvalue weighted by molar-refractivity contribution is 9.09. The molecule has 0 aromatic heterocycles. The lowest BCUT2D eigenvalue weighted by Gasteiger charge is -2.12. The van der Waals surface area contributed by atoms with Crippen LogP contribution < -0.4 is 4.74 Å². The van der Waals surface area contributed by atoms with Crippen LogP contribution in [0.5, 0.6) is 5.75 Å².